The minimum Gasteiger partial charge on any atom is -0.465 e. The first-order chi connectivity index (χ1) is 10.4. The van der Waals surface area contributed by atoms with Gasteiger partial charge >= 0.3 is 5.97 Å². The van der Waals surface area contributed by atoms with Gasteiger partial charge in [-0.3, -0.25) is 0 Å². The Bertz CT molecular complexity index is 636. The summed E-state index contributed by atoms with van der Waals surface area (Å²) in [4.78, 5) is 11.5. The molecule has 130 valence electrons. The van der Waals surface area contributed by atoms with E-state index in [0.717, 1.165) is 19.5 Å². The Hall–Kier alpha value is -1.15. The van der Waals surface area contributed by atoms with Gasteiger partial charge < -0.3 is 10.1 Å². The highest BCUT2D eigenvalue weighted by molar-refractivity contribution is 7.88. The summed E-state index contributed by atoms with van der Waals surface area (Å²) in [6, 6.07) is 6.46. The van der Waals surface area contributed by atoms with Crippen molar-refractivity contribution in [3.63, 3.8) is 0 Å². The summed E-state index contributed by atoms with van der Waals surface area (Å²) < 4.78 is 32.1. The van der Waals surface area contributed by atoms with Gasteiger partial charge in [-0.2, -0.15) is 0 Å². The molecule has 1 fully saturated rings. The molecule has 0 amide bonds. The fourth-order valence-electron chi connectivity index (χ4n) is 2.59. The Kier molecular flexibility index (Phi) is 7.47. The van der Waals surface area contributed by atoms with E-state index < -0.39 is 16.0 Å². The van der Waals surface area contributed by atoms with Gasteiger partial charge in [0.15, 0.2) is 0 Å². The van der Waals surface area contributed by atoms with Crippen LogP contribution in [0.1, 0.15) is 29.3 Å². The van der Waals surface area contributed by atoms with Crippen molar-refractivity contribution in [2.45, 2.75) is 25.1 Å². The highest BCUT2D eigenvalue weighted by atomic mass is 35.5. The molecule has 1 heterocycles. The molecule has 0 radical (unpaired) electrons. The summed E-state index contributed by atoms with van der Waals surface area (Å²) in [5, 5.41) is 3.24. The van der Waals surface area contributed by atoms with Crippen LogP contribution < -0.4 is 10.0 Å². The Morgan fingerprint density at radius 1 is 1.43 bits per heavy atom. The van der Waals surface area contributed by atoms with E-state index >= 15 is 0 Å². The van der Waals surface area contributed by atoms with Crippen LogP contribution in [0.25, 0.3) is 0 Å². The number of piperidine rings is 1. The average molecular weight is 363 g/mol. The lowest BCUT2D eigenvalue weighted by Gasteiger charge is -2.29. The maximum Gasteiger partial charge on any atom is 0.337 e. The van der Waals surface area contributed by atoms with Crippen LogP contribution in [0.15, 0.2) is 24.3 Å². The molecule has 2 unspecified atom stereocenters. The smallest absolute Gasteiger partial charge is 0.337 e. The Labute approximate surface area is 143 Å². The number of nitrogens with one attached hydrogen (secondary N) is 2. The van der Waals surface area contributed by atoms with E-state index in [2.05, 4.69) is 14.8 Å². The molecule has 1 aromatic rings. The van der Waals surface area contributed by atoms with Gasteiger partial charge in [0.1, 0.15) is 0 Å². The van der Waals surface area contributed by atoms with Crippen LogP contribution in [0.3, 0.4) is 0 Å². The van der Waals surface area contributed by atoms with Crippen LogP contribution in [0.2, 0.25) is 0 Å². The molecule has 1 aromatic carbocycles. The molecule has 1 saturated heterocycles. The molecular weight excluding hydrogens is 340 g/mol. The first-order valence-electron chi connectivity index (χ1n) is 7.29. The van der Waals surface area contributed by atoms with Crippen LogP contribution in [0.4, 0.5) is 0 Å². The summed E-state index contributed by atoms with van der Waals surface area (Å²) in [6.07, 6.45) is 0.780. The third-order valence-electron chi connectivity index (χ3n) is 3.82. The molecule has 0 saturated carbocycles. The lowest BCUT2D eigenvalue weighted by atomic mass is 9.97. The molecular formula is C15H23ClN2O4S. The number of ether oxygens (including phenoxy) is 1. The molecule has 2 N–H and O–H groups in total. The van der Waals surface area contributed by atoms with Crippen molar-refractivity contribution in [1.29, 1.82) is 0 Å². The van der Waals surface area contributed by atoms with Gasteiger partial charge in [-0.05, 0) is 43.1 Å². The molecule has 0 spiro atoms. The van der Waals surface area contributed by atoms with E-state index in [0.29, 0.717) is 11.1 Å². The minimum absolute atomic E-state index is 0. The summed E-state index contributed by atoms with van der Waals surface area (Å²) in [6.45, 7) is 3.65. The number of esters is 1. The van der Waals surface area contributed by atoms with Crippen LogP contribution in [-0.4, -0.2) is 40.6 Å². The molecule has 0 aromatic heterocycles. The number of carbonyl (C=O) groups excluding carboxylic acids is 1. The molecule has 6 nitrogen and oxygen atoms in total. The Morgan fingerprint density at radius 3 is 2.83 bits per heavy atom. The summed E-state index contributed by atoms with van der Waals surface area (Å²) in [5.74, 6) is -0.363. The van der Waals surface area contributed by atoms with Crippen LogP contribution in [-0.2, 0) is 20.5 Å². The van der Waals surface area contributed by atoms with Gasteiger partial charge in [-0.1, -0.05) is 19.1 Å². The van der Waals surface area contributed by atoms with Gasteiger partial charge in [0.2, 0.25) is 10.0 Å². The summed E-state index contributed by atoms with van der Waals surface area (Å²) in [5.41, 5.74) is 0.919. The van der Waals surface area contributed by atoms with E-state index in [4.69, 9.17) is 0 Å². The van der Waals surface area contributed by atoms with Gasteiger partial charge in [0, 0.05) is 6.04 Å². The minimum atomic E-state index is -3.45. The van der Waals surface area contributed by atoms with E-state index in [1.807, 2.05) is 6.92 Å². The predicted molar refractivity (Wildman–Crippen MR) is 91.2 cm³/mol. The molecule has 2 rings (SSSR count). The monoisotopic (exact) mass is 362 g/mol. The number of halogens is 1. The predicted octanol–water partition coefficient (Wildman–Crippen LogP) is 1.31. The fourth-order valence-corrected chi connectivity index (χ4v) is 4.10. The highest BCUT2D eigenvalue weighted by Gasteiger charge is 2.25. The molecule has 23 heavy (non-hydrogen) atoms. The van der Waals surface area contributed by atoms with Crippen molar-refractivity contribution in [2.75, 3.05) is 20.2 Å². The summed E-state index contributed by atoms with van der Waals surface area (Å²) >= 11 is 0. The second-order valence-corrected chi connectivity index (χ2v) is 7.40. The third kappa shape index (κ3) is 5.76. The zero-order chi connectivity index (χ0) is 16.2. The molecule has 1 aliphatic rings. The van der Waals surface area contributed by atoms with Crippen molar-refractivity contribution in [1.82, 2.24) is 10.0 Å². The van der Waals surface area contributed by atoms with E-state index in [1.165, 1.54) is 7.11 Å². The van der Waals surface area contributed by atoms with Crippen molar-refractivity contribution in [2.24, 2.45) is 5.92 Å². The van der Waals surface area contributed by atoms with Gasteiger partial charge in [0.25, 0.3) is 0 Å². The van der Waals surface area contributed by atoms with Crippen molar-refractivity contribution >= 4 is 28.4 Å². The molecule has 0 aliphatic carbocycles. The standard InChI is InChI=1S/C15H22N2O4S.ClH/c1-11-9-16-7-6-14(11)17-22(19,20)10-12-4-3-5-13(8-12)15(18)21-2;/h3-5,8,11,14,16-17H,6-7,9-10H2,1-2H3;1H. The first-order valence-corrected chi connectivity index (χ1v) is 8.94. The van der Waals surface area contributed by atoms with Crippen molar-refractivity contribution in [3.05, 3.63) is 35.4 Å². The van der Waals surface area contributed by atoms with Crippen molar-refractivity contribution in [3.8, 4) is 0 Å². The van der Waals surface area contributed by atoms with Gasteiger partial charge in [-0.15, -0.1) is 12.4 Å². The highest BCUT2D eigenvalue weighted by Crippen LogP contribution is 2.14. The van der Waals surface area contributed by atoms with Crippen LogP contribution in [0.5, 0.6) is 0 Å². The third-order valence-corrected chi connectivity index (χ3v) is 5.20. The maximum atomic E-state index is 12.3. The van der Waals surface area contributed by atoms with Gasteiger partial charge in [-0.25, -0.2) is 17.9 Å². The van der Waals surface area contributed by atoms with E-state index in [9.17, 15) is 13.2 Å². The number of carbonyl (C=O) groups is 1. The van der Waals surface area contributed by atoms with Crippen LogP contribution in [0, 0.1) is 5.92 Å². The molecule has 2 atom stereocenters. The second kappa shape index (κ2) is 8.63. The molecule has 1 aliphatic heterocycles. The topological polar surface area (TPSA) is 84.5 Å². The fraction of sp³-hybridized carbons (Fsp3) is 0.533. The summed E-state index contributed by atoms with van der Waals surface area (Å²) in [7, 11) is -2.15. The Morgan fingerprint density at radius 2 is 2.17 bits per heavy atom. The second-order valence-electron chi connectivity index (χ2n) is 5.65. The normalized spacial score (nSPS) is 21.3. The number of hydrogen-bond donors (Lipinski definition) is 2. The number of benzene rings is 1. The number of hydrogen-bond acceptors (Lipinski definition) is 5. The lowest BCUT2D eigenvalue weighted by molar-refractivity contribution is 0.0600. The first kappa shape index (κ1) is 19.9. The van der Waals surface area contributed by atoms with E-state index in [-0.39, 0.29) is 30.1 Å². The van der Waals surface area contributed by atoms with Crippen molar-refractivity contribution < 1.29 is 17.9 Å². The largest absolute Gasteiger partial charge is 0.465 e. The average Bonchev–Trinajstić information content (AvgIpc) is 2.48. The Balaban J connectivity index is 0.00000264. The quantitative estimate of drug-likeness (QED) is 0.771. The molecule has 0 bridgehead atoms. The molecule has 8 heteroatoms. The maximum absolute atomic E-state index is 12.3. The number of methoxy groups -OCH3 is 1. The zero-order valence-electron chi connectivity index (χ0n) is 13.2. The lowest BCUT2D eigenvalue weighted by Crippen LogP contribution is -2.48. The number of rotatable bonds is 5. The van der Waals surface area contributed by atoms with E-state index in [1.54, 1.807) is 24.3 Å². The zero-order valence-corrected chi connectivity index (χ0v) is 14.9. The van der Waals surface area contributed by atoms with Gasteiger partial charge in [0.05, 0.1) is 18.4 Å². The SMILES string of the molecule is COC(=O)c1cccc(CS(=O)(=O)NC2CCNCC2C)c1.Cl. The number of sulfonamides is 1. The van der Waals surface area contributed by atoms with Crippen LogP contribution >= 0.6 is 12.4 Å².